The number of aromatic nitrogens is 1. The molecule has 0 N–H and O–H groups in total. The highest BCUT2D eigenvalue weighted by molar-refractivity contribution is 7.89. The van der Waals surface area contributed by atoms with E-state index in [1.165, 1.54) is 4.31 Å². The zero-order chi connectivity index (χ0) is 22.3. The van der Waals surface area contributed by atoms with Crippen molar-refractivity contribution in [1.82, 2.24) is 8.87 Å². The Morgan fingerprint density at radius 1 is 0.935 bits per heavy atom. The minimum atomic E-state index is -3.45. The maximum Gasteiger partial charge on any atom is 0.243 e. The summed E-state index contributed by atoms with van der Waals surface area (Å²) in [7, 11) is -3.45. The van der Waals surface area contributed by atoms with E-state index in [0.717, 1.165) is 47.6 Å². The first-order valence-corrected chi connectivity index (χ1v) is 13.2. The lowest BCUT2D eigenvalue weighted by Crippen LogP contribution is -2.30. The van der Waals surface area contributed by atoms with Crippen LogP contribution in [0.4, 0.5) is 5.69 Å². The van der Waals surface area contributed by atoms with Crippen LogP contribution in [0.1, 0.15) is 40.0 Å². The van der Waals surface area contributed by atoms with Gasteiger partial charge in [0.05, 0.1) is 16.3 Å². The van der Waals surface area contributed by atoms with E-state index in [2.05, 4.69) is 16.9 Å². The van der Waals surface area contributed by atoms with Crippen LogP contribution >= 0.6 is 11.3 Å². The van der Waals surface area contributed by atoms with Crippen LogP contribution in [0, 0.1) is 0 Å². The number of sulfonamides is 1. The molecule has 0 fully saturated rings. The summed E-state index contributed by atoms with van der Waals surface area (Å²) in [6.45, 7) is 7.73. The van der Waals surface area contributed by atoms with Gasteiger partial charge in [-0.2, -0.15) is 4.31 Å². The molecule has 0 atom stereocenters. The van der Waals surface area contributed by atoms with Crippen LogP contribution < -0.4 is 4.80 Å². The number of unbranched alkanes of at least 4 members (excludes halogenated alkanes) is 2. The maximum absolute atomic E-state index is 12.8. The van der Waals surface area contributed by atoms with Gasteiger partial charge in [-0.05, 0) is 36.2 Å². The van der Waals surface area contributed by atoms with Crippen LogP contribution in [0.25, 0.3) is 11.3 Å². The van der Waals surface area contributed by atoms with Gasteiger partial charge in [0.2, 0.25) is 10.0 Å². The average Bonchev–Trinajstić information content (AvgIpc) is 3.17. The van der Waals surface area contributed by atoms with Crippen molar-refractivity contribution >= 4 is 27.0 Å². The van der Waals surface area contributed by atoms with E-state index in [9.17, 15) is 8.42 Å². The van der Waals surface area contributed by atoms with Crippen molar-refractivity contribution in [1.29, 1.82) is 0 Å². The van der Waals surface area contributed by atoms with Gasteiger partial charge in [0.1, 0.15) is 0 Å². The molecule has 166 valence electrons. The standard InChI is InChI=1S/C24H31N3O2S2/c1-4-7-11-18-27-23(19-30-24(27)25-21-12-9-8-10-13-21)20-14-16-22(17-15-20)31(28,29)26(5-2)6-3/h8-10,12-17,19H,4-7,11,18H2,1-3H3. The van der Waals surface area contributed by atoms with E-state index >= 15 is 0 Å². The van der Waals surface area contributed by atoms with E-state index < -0.39 is 10.0 Å². The van der Waals surface area contributed by atoms with Crippen molar-refractivity contribution in [2.45, 2.75) is 51.5 Å². The second kappa shape index (κ2) is 10.9. The first-order chi connectivity index (χ1) is 15.0. The molecular formula is C24H31N3O2S2. The van der Waals surface area contributed by atoms with Crippen LogP contribution in [-0.2, 0) is 16.6 Å². The summed E-state index contributed by atoms with van der Waals surface area (Å²) in [6.07, 6.45) is 3.40. The van der Waals surface area contributed by atoms with Crippen molar-refractivity contribution in [3.63, 3.8) is 0 Å². The van der Waals surface area contributed by atoms with Crippen molar-refractivity contribution in [3.05, 3.63) is 64.8 Å². The minimum Gasteiger partial charge on any atom is -0.316 e. The largest absolute Gasteiger partial charge is 0.316 e. The van der Waals surface area contributed by atoms with Gasteiger partial charge < -0.3 is 4.57 Å². The topological polar surface area (TPSA) is 54.7 Å². The molecule has 0 aliphatic carbocycles. The van der Waals surface area contributed by atoms with Gasteiger partial charge in [-0.1, -0.05) is 63.9 Å². The molecule has 0 saturated carbocycles. The van der Waals surface area contributed by atoms with Crippen LogP contribution in [0.15, 0.2) is 69.9 Å². The summed E-state index contributed by atoms with van der Waals surface area (Å²) in [5.74, 6) is 0. The van der Waals surface area contributed by atoms with Gasteiger partial charge in [0.15, 0.2) is 4.80 Å². The number of nitrogens with zero attached hydrogens (tertiary/aromatic N) is 3. The number of hydrogen-bond donors (Lipinski definition) is 0. The van der Waals surface area contributed by atoms with E-state index in [4.69, 9.17) is 4.99 Å². The molecule has 1 heterocycles. The Morgan fingerprint density at radius 2 is 1.61 bits per heavy atom. The molecular weight excluding hydrogens is 426 g/mol. The van der Waals surface area contributed by atoms with Gasteiger partial charge >= 0.3 is 0 Å². The lowest BCUT2D eigenvalue weighted by molar-refractivity contribution is 0.445. The molecule has 0 bridgehead atoms. The molecule has 0 unspecified atom stereocenters. The Hall–Kier alpha value is -2.22. The number of rotatable bonds is 10. The first-order valence-electron chi connectivity index (χ1n) is 10.9. The number of para-hydroxylation sites is 1. The monoisotopic (exact) mass is 457 g/mol. The van der Waals surface area contributed by atoms with Crippen molar-refractivity contribution < 1.29 is 8.42 Å². The highest BCUT2D eigenvalue weighted by atomic mass is 32.2. The Bertz CT molecular complexity index is 1130. The molecule has 3 rings (SSSR count). The summed E-state index contributed by atoms with van der Waals surface area (Å²) in [6, 6.07) is 17.2. The van der Waals surface area contributed by atoms with E-state index in [1.807, 2.05) is 56.3 Å². The highest BCUT2D eigenvalue weighted by Crippen LogP contribution is 2.24. The third-order valence-corrected chi connectivity index (χ3v) is 8.18. The Labute approximate surface area is 189 Å². The molecule has 3 aromatic rings. The molecule has 5 nitrogen and oxygen atoms in total. The molecule has 0 radical (unpaired) electrons. The van der Waals surface area contributed by atoms with Gasteiger partial charge in [-0.15, -0.1) is 11.3 Å². The van der Waals surface area contributed by atoms with Crippen LogP contribution in [0.3, 0.4) is 0 Å². The van der Waals surface area contributed by atoms with Crippen molar-refractivity contribution in [3.8, 4) is 11.3 Å². The number of thiazole rings is 1. The number of hydrogen-bond acceptors (Lipinski definition) is 4. The molecule has 2 aromatic carbocycles. The van der Waals surface area contributed by atoms with Gasteiger partial charge in [0.25, 0.3) is 0 Å². The Kier molecular flexibility index (Phi) is 8.23. The van der Waals surface area contributed by atoms with Crippen molar-refractivity contribution in [2.24, 2.45) is 4.99 Å². The van der Waals surface area contributed by atoms with Crippen LogP contribution in [-0.4, -0.2) is 30.4 Å². The maximum atomic E-state index is 12.8. The first kappa shape index (κ1) is 23.4. The zero-order valence-electron chi connectivity index (χ0n) is 18.5. The molecule has 0 spiro atoms. The lowest BCUT2D eigenvalue weighted by atomic mass is 10.1. The van der Waals surface area contributed by atoms with E-state index in [-0.39, 0.29) is 0 Å². The minimum absolute atomic E-state index is 0.335. The summed E-state index contributed by atoms with van der Waals surface area (Å²) in [5.41, 5.74) is 3.00. The molecule has 0 aliphatic rings. The molecule has 0 amide bonds. The number of benzene rings is 2. The second-order valence-electron chi connectivity index (χ2n) is 7.32. The van der Waals surface area contributed by atoms with Crippen LogP contribution in [0.2, 0.25) is 0 Å². The Balaban J connectivity index is 1.99. The van der Waals surface area contributed by atoms with Gasteiger partial charge in [-0.25, -0.2) is 13.4 Å². The van der Waals surface area contributed by atoms with Crippen LogP contribution in [0.5, 0.6) is 0 Å². The zero-order valence-corrected chi connectivity index (χ0v) is 20.1. The molecule has 7 heteroatoms. The summed E-state index contributed by atoms with van der Waals surface area (Å²) in [5, 5.41) is 2.11. The van der Waals surface area contributed by atoms with Gasteiger partial charge in [0, 0.05) is 25.0 Å². The molecule has 0 saturated heterocycles. The summed E-state index contributed by atoms with van der Waals surface area (Å²) in [4.78, 5) is 6.14. The smallest absolute Gasteiger partial charge is 0.243 e. The second-order valence-corrected chi connectivity index (χ2v) is 10.1. The van der Waals surface area contributed by atoms with Crippen molar-refractivity contribution in [2.75, 3.05) is 13.1 Å². The molecule has 0 aliphatic heterocycles. The predicted molar refractivity (Wildman–Crippen MR) is 129 cm³/mol. The average molecular weight is 458 g/mol. The third kappa shape index (κ3) is 5.53. The fourth-order valence-electron chi connectivity index (χ4n) is 3.51. The van der Waals surface area contributed by atoms with E-state index in [1.54, 1.807) is 23.5 Å². The fraction of sp³-hybridized carbons (Fsp3) is 0.375. The summed E-state index contributed by atoms with van der Waals surface area (Å²) >= 11 is 1.62. The molecule has 1 aromatic heterocycles. The lowest BCUT2D eigenvalue weighted by Gasteiger charge is -2.18. The fourth-order valence-corrected chi connectivity index (χ4v) is 5.92. The highest BCUT2D eigenvalue weighted by Gasteiger charge is 2.21. The SMILES string of the molecule is CCCCCn1c(-c2ccc(S(=O)(=O)N(CC)CC)cc2)csc1=Nc1ccccc1. The Morgan fingerprint density at radius 3 is 2.23 bits per heavy atom. The quantitative estimate of drug-likeness (QED) is 0.368. The molecule has 31 heavy (non-hydrogen) atoms. The predicted octanol–water partition coefficient (Wildman–Crippen LogP) is 5.67. The normalized spacial score (nSPS) is 12.6. The van der Waals surface area contributed by atoms with Gasteiger partial charge in [-0.3, -0.25) is 0 Å². The third-order valence-electron chi connectivity index (χ3n) is 5.26. The summed E-state index contributed by atoms with van der Waals surface area (Å²) < 4.78 is 29.3. The van der Waals surface area contributed by atoms with E-state index in [0.29, 0.717) is 18.0 Å².